The second-order valence-electron chi connectivity index (χ2n) is 3.65. The second kappa shape index (κ2) is 6.24. The van der Waals surface area contributed by atoms with Crippen LogP contribution in [0.3, 0.4) is 0 Å². The lowest BCUT2D eigenvalue weighted by Crippen LogP contribution is -2.22. The molecule has 0 fully saturated rings. The minimum absolute atomic E-state index is 0.0830. The van der Waals surface area contributed by atoms with E-state index in [-0.39, 0.29) is 12.2 Å². The fourth-order valence-electron chi connectivity index (χ4n) is 1.43. The Kier molecular flexibility index (Phi) is 5.26. The first-order valence-corrected chi connectivity index (χ1v) is 5.95. The predicted octanol–water partition coefficient (Wildman–Crippen LogP) is 3.27. The van der Waals surface area contributed by atoms with Gasteiger partial charge in [-0.25, -0.2) is 0 Å². The van der Waals surface area contributed by atoms with Crippen LogP contribution in [0, 0.1) is 0 Å². The SMILES string of the molecule is CCCC(O)C(=O)Cc1c(Cl)cccc1Cl. The Morgan fingerprint density at radius 1 is 1.38 bits per heavy atom. The number of benzene rings is 1. The Morgan fingerprint density at radius 2 is 1.94 bits per heavy atom. The highest BCUT2D eigenvalue weighted by Gasteiger charge is 2.17. The third kappa shape index (κ3) is 3.48. The summed E-state index contributed by atoms with van der Waals surface area (Å²) in [7, 11) is 0. The van der Waals surface area contributed by atoms with E-state index >= 15 is 0 Å². The second-order valence-corrected chi connectivity index (χ2v) is 4.46. The number of halogens is 2. The van der Waals surface area contributed by atoms with Crippen molar-refractivity contribution < 1.29 is 9.90 Å². The van der Waals surface area contributed by atoms with Gasteiger partial charge in [-0.2, -0.15) is 0 Å². The normalized spacial score (nSPS) is 12.5. The van der Waals surface area contributed by atoms with Gasteiger partial charge in [0.25, 0.3) is 0 Å². The average Bonchev–Trinajstić information content (AvgIpc) is 2.23. The zero-order chi connectivity index (χ0) is 12.1. The number of ketones is 1. The molecule has 0 saturated carbocycles. The first-order valence-electron chi connectivity index (χ1n) is 5.20. The monoisotopic (exact) mass is 260 g/mol. The summed E-state index contributed by atoms with van der Waals surface area (Å²) < 4.78 is 0. The van der Waals surface area contributed by atoms with E-state index in [0.717, 1.165) is 6.42 Å². The van der Waals surface area contributed by atoms with Crippen molar-refractivity contribution in [1.29, 1.82) is 0 Å². The molecule has 0 aromatic heterocycles. The number of carbonyl (C=O) groups is 1. The lowest BCUT2D eigenvalue weighted by atomic mass is 10.0. The summed E-state index contributed by atoms with van der Waals surface area (Å²) in [5.74, 6) is -0.239. The Bertz CT molecular complexity index is 357. The molecule has 1 atom stereocenters. The van der Waals surface area contributed by atoms with Gasteiger partial charge in [-0.05, 0) is 24.1 Å². The Hall–Kier alpha value is -0.570. The summed E-state index contributed by atoms with van der Waals surface area (Å²) in [5, 5.41) is 10.5. The third-order valence-corrected chi connectivity index (χ3v) is 3.05. The molecular weight excluding hydrogens is 247 g/mol. The molecule has 0 spiro atoms. The van der Waals surface area contributed by atoms with Gasteiger partial charge in [-0.15, -0.1) is 0 Å². The standard InChI is InChI=1S/C12H14Cl2O2/c1-2-4-11(15)12(16)7-8-9(13)5-3-6-10(8)14/h3,5-6,11,15H,2,4,7H2,1H3. The molecular formula is C12H14Cl2O2. The van der Waals surface area contributed by atoms with Gasteiger partial charge < -0.3 is 5.11 Å². The van der Waals surface area contributed by atoms with E-state index in [0.29, 0.717) is 22.0 Å². The summed E-state index contributed by atoms with van der Waals surface area (Å²) in [4.78, 5) is 11.6. The molecule has 4 heteroatoms. The van der Waals surface area contributed by atoms with E-state index in [4.69, 9.17) is 23.2 Å². The zero-order valence-electron chi connectivity index (χ0n) is 9.04. The number of aliphatic hydroxyl groups excluding tert-OH is 1. The van der Waals surface area contributed by atoms with Crippen molar-refractivity contribution in [3.05, 3.63) is 33.8 Å². The summed E-state index contributed by atoms with van der Waals surface area (Å²) in [5.41, 5.74) is 0.589. The van der Waals surface area contributed by atoms with E-state index in [1.54, 1.807) is 18.2 Å². The topological polar surface area (TPSA) is 37.3 Å². The number of carbonyl (C=O) groups excluding carboxylic acids is 1. The van der Waals surface area contributed by atoms with Crippen LogP contribution in [-0.4, -0.2) is 17.0 Å². The van der Waals surface area contributed by atoms with Gasteiger partial charge in [0, 0.05) is 16.5 Å². The van der Waals surface area contributed by atoms with Crippen LogP contribution < -0.4 is 0 Å². The molecule has 1 aromatic carbocycles. The van der Waals surface area contributed by atoms with Crippen molar-refractivity contribution in [1.82, 2.24) is 0 Å². The molecule has 0 heterocycles. The van der Waals surface area contributed by atoms with Crippen molar-refractivity contribution in [3.8, 4) is 0 Å². The number of Topliss-reactive ketones (excluding diaryl/α,β-unsaturated/α-hetero) is 1. The van der Waals surface area contributed by atoms with Crippen molar-refractivity contribution in [2.75, 3.05) is 0 Å². The Labute approximate surface area is 105 Å². The fourth-order valence-corrected chi connectivity index (χ4v) is 1.96. The molecule has 0 radical (unpaired) electrons. The molecule has 1 unspecified atom stereocenters. The maximum absolute atomic E-state index is 11.6. The van der Waals surface area contributed by atoms with Crippen LogP contribution >= 0.6 is 23.2 Å². The summed E-state index contributed by atoms with van der Waals surface area (Å²) in [6.07, 6.45) is 0.404. The average molecular weight is 261 g/mol. The van der Waals surface area contributed by atoms with Gasteiger partial charge in [0.2, 0.25) is 0 Å². The van der Waals surface area contributed by atoms with E-state index in [1.165, 1.54) is 0 Å². The first-order chi connectivity index (χ1) is 7.56. The first kappa shape index (κ1) is 13.5. The number of aliphatic hydroxyl groups is 1. The van der Waals surface area contributed by atoms with Gasteiger partial charge in [0.1, 0.15) is 6.10 Å². The van der Waals surface area contributed by atoms with Gasteiger partial charge in [-0.1, -0.05) is 42.6 Å². The van der Waals surface area contributed by atoms with Gasteiger partial charge >= 0.3 is 0 Å². The van der Waals surface area contributed by atoms with Crippen LogP contribution in [-0.2, 0) is 11.2 Å². The van der Waals surface area contributed by atoms with Gasteiger partial charge in [0.05, 0.1) is 0 Å². The fraction of sp³-hybridized carbons (Fsp3) is 0.417. The van der Waals surface area contributed by atoms with Crippen LogP contribution in [0.25, 0.3) is 0 Å². The van der Waals surface area contributed by atoms with E-state index in [9.17, 15) is 9.90 Å². The van der Waals surface area contributed by atoms with Crippen LogP contribution in [0.5, 0.6) is 0 Å². The summed E-state index contributed by atoms with van der Waals surface area (Å²) in [6, 6.07) is 5.09. The Balaban J connectivity index is 2.77. The molecule has 1 N–H and O–H groups in total. The lowest BCUT2D eigenvalue weighted by Gasteiger charge is -2.10. The summed E-state index contributed by atoms with van der Waals surface area (Å²) >= 11 is 11.9. The molecule has 1 rings (SSSR count). The van der Waals surface area contributed by atoms with Crippen LogP contribution in [0.4, 0.5) is 0 Å². The molecule has 16 heavy (non-hydrogen) atoms. The van der Waals surface area contributed by atoms with Crippen molar-refractivity contribution >= 4 is 29.0 Å². The van der Waals surface area contributed by atoms with Crippen molar-refractivity contribution in [2.24, 2.45) is 0 Å². The zero-order valence-corrected chi connectivity index (χ0v) is 10.6. The molecule has 0 aliphatic heterocycles. The molecule has 0 bridgehead atoms. The van der Waals surface area contributed by atoms with E-state index < -0.39 is 6.10 Å². The predicted molar refractivity (Wildman–Crippen MR) is 66.1 cm³/mol. The Morgan fingerprint density at radius 3 is 2.44 bits per heavy atom. The highest BCUT2D eigenvalue weighted by atomic mass is 35.5. The molecule has 2 nitrogen and oxygen atoms in total. The highest BCUT2D eigenvalue weighted by molar-refractivity contribution is 6.36. The maximum Gasteiger partial charge on any atom is 0.165 e. The van der Waals surface area contributed by atoms with Crippen LogP contribution in [0.1, 0.15) is 25.3 Å². The number of hydrogen-bond donors (Lipinski definition) is 1. The number of hydrogen-bond acceptors (Lipinski definition) is 2. The molecule has 0 saturated heterocycles. The van der Waals surface area contributed by atoms with Crippen molar-refractivity contribution in [2.45, 2.75) is 32.3 Å². The van der Waals surface area contributed by atoms with Crippen LogP contribution in [0.2, 0.25) is 10.0 Å². The summed E-state index contributed by atoms with van der Waals surface area (Å²) in [6.45, 7) is 1.92. The van der Waals surface area contributed by atoms with E-state index in [2.05, 4.69) is 0 Å². The smallest absolute Gasteiger partial charge is 0.165 e. The molecule has 88 valence electrons. The lowest BCUT2D eigenvalue weighted by molar-refractivity contribution is -0.126. The quantitative estimate of drug-likeness (QED) is 0.883. The van der Waals surface area contributed by atoms with Gasteiger partial charge in [0.15, 0.2) is 5.78 Å². The maximum atomic E-state index is 11.6. The number of rotatable bonds is 5. The molecule has 0 aliphatic carbocycles. The van der Waals surface area contributed by atoms with Gasteiger partial charge in [-0.3, -0.25) is 4.79 Å². The minimum atomic E-state index is -0.919. The molecule has 1 aromatic rings. The highest BCUT2D eigenvalue weighted by Crippen LogP contribution is 2.25. The van der Waals surface area contributed by atoms with Crippen LogP contribution in [0.15, 0.2) is 18.2 Å². The van der Waals surface area contributed by atoms with Crippen molar-refractivity contribution in [3.63, 3.8) is 0 Å². The largest absolute Gasteiger partial charge is 0.385 e. The molecule has 0 amide bonds. The minimum Gasteiger partial charge on any atom is -0.385 e. The molecule has 0 aliphatic rings. The van der Waals surface area contributed by atoms with E-state index in [1.807, 2.05) is 6.92 Å². The third-order valence-electron chi connectivity index (χ3n) is 2.35.